The Kier molecular flexibility index (Phi) is 3.47. The average Bonchev–Trinajstić information content (AvgIpc) is 2.58. The van der Waals surface area contributed by atoms with Crippen LogP contribution in [0.15, 0.2) is 10.6 Å². The molecule has 0 bridgehead atoms. The molecule has 0 spiro atoms. The zero-order valence-electron chi connectivity index (χ0n) is 9.93. The number of nitrogens with zero attached hydrogens (tertiary/aromatic N) is 1. The van der Waals surface area contributed by atoms with Crippen molar-refractivity contribution in [2.24, 2.45) is 0 Å². The lowest BCUT2D eigenvalue weighted by molar-refractivity contribution is -0.145. The van der Waals surface area contributed by atoms with Gasteiger partial charge in [-0.15, -0.1) is 11.8 Å². The van der Waals surface area contributed by atoms with Crippen molar-refractivity contribution in [2.45, 2.75) is 18.7 Å². The van der Waals surface area contributed by atoms with E-state index in [9.17, 15) is 19.2 Å². The van der Waals surface area contributed by atoms with E-state index in [4.69, 9.17) is 5.11 Å². The molecular formula is C10H11N3O5S. The molecule has 0 aromatic heterocycles. The number of carboxylic acid groups (broad SMARTS) is 1. The molecule has 2 aliphatic heterocycles. The first kappa shape index (κ1) is 13.4. The topological polar surface area (TPSA) is 116 Å². The minimum Gasteiger partial charge on any atom is -0.477 e. The fourth-order valence-corrected chi connectivity index (χ4v) is 3.15. The molecule has 0 unspecified atom stereocenters. The number of nitrogens with one attached hydrogen (secondary N) is 2. The maximum Gasteiger partial charge on any atom is 0.353 e. The van der Waals surface area contributed by atoms with Gasteiger partial charge >= 0.3 is 12.0 Å². The van der Waals surface area contributed by atoms with Crippen LogP contribution in [0.4, 0.5) is 4.79 Å². The third-order valence-electron chi connectivity index (χ3n) is 2.59. The standard InChI is InChI=1S/C10H11N3O5S/c1-4(14)12-10(18)11-3-5-8(9(16)17)13-6(15)2-7(13)19-5/h7H,2-3H2,1H3,(H,16,17)(H2,11,12,14,18)/t7-/m0/s1. The lowest BCUT2D eigenvalue weighted by Gasteiger charge is -2.33. The number of carbonyl (C=O) groups excluding carboxylic acids is 3. The number of carbonyl (C=O) groups is 4. The highest BCUT2D eigenvalue weighted by atomic mass is 32.2. The Morgan fingerprint density at radius 3 is 2.68 bits per heavy atom. The van der Waals surface area contributed by atoms with E-state index in [0.717, 1.165) is 0 Å². The summed E-state index contributed by atoms with van der Waals surface area (Å²) in [6, 6.07) is -0.703. The summed E-state index contributed by atoms with van der Waals surface area (Å²) < 4.78 is 0. The van der Waals surface area contributed by atoms with Gasteiger partial charge in [-0.1, -0.05) is 0 Å². The third-order valence-corrected chi connectivity index (χ3v) is 3.86. The second kappa shape index (κ2) is 4.92. The van der Waals surface area contributed by atoms with Crippen LogP contribution < -0.4 is 10.6 Å². The van der Waals surface area contributed by atoms with Crippen LogP contribution in [-0.4, -0.2) is 45.7 Å². The van der Waals surface area contributed by atoms with Crippen molar-refractivity contribution in [3.05, 3.63) is 10.6 Å². The second-order valence-corrected chi connectivity index (χ2v) is 5.25. The number of hydrogen-bond donors (Lipinski definition) is 3. The number of aliphatic carboxylic acids is 1. The first-order valence-electron chi connectivity index (χ1n) is 5.40. The predicted molar refractivity (Wildman–Crippen MR) is 64.7 cm³/mol. The highest BCUT2D eigenvalue weighted by Crippen LogP contribution is 2.45. The lowest BCUT2D eigenvalue weighted by Crippen LogP contribution is -2.48. The van der Waals surface area contributed by atoms with Crippen LogP contribution >= 0.6 is 11.8 Å². The summed E-state index contributed by atoms with van der Waals surface area (Å²) in [6.07, 6.45) is 0.296. The zero-order chi connectivity index (χ0) is 14.2. The van der Waals surface area contributed by atoms with Gasteiger partial charge in [-0.25, -0.2) is 9.59 Å². The van der Waals surface area contributed by atoms with Gasteiger partial charge in [-0.3, -0.25) is 19.8 Å². The van der Waals surface area contributed by atoms with Gasteiger partial charge < -0.3 is 10.4 Å². The Morgan fingerprint density at radius 1 is 1.47 bits per heavy atom. The predicted octanol–water partition coefficient (Wildman–Crippen LogP) is -0.567. The zero-order valence-corrected chi connectivity index (χ0v) is 10.7. The summed E-state index contributed by atoms with van der Waals surface area (Å²) in [5.74, 6) is -1.95. The van der Waals surface area contributed by atoms with Crippen molar-refractivity contribution in [3.63, 3.8) is 0 Å². The van der Waals surface area contributed by atoms with Gasteiger partial charge in [0.1, 0.15) is 5.70 Å². The van der Waals surface area contributed by atoms with Crippen molar-refractivity contribution in [1.29, 1.82) is 0 Å². The van der Waals surface area contributed by atoms with Gasteiger partial charge in [0.15, 0.2) is 0 Å². The molecular weight excluding hydrogens is 274 g/mol. The van der Waals surface area contributed by atoms with Crippen LogP contribution in [-0.2, 0) is 14.4 Å². The molecule has 0 saturated carbocycles. The SMILES string of the molecule is CC(=O)NC(=O)NCC1=C(C(=O)O)N2C(=O)C[C@@H]2S1. The van der Waals surface area contributed by atoms with Gasteiger partial charge in [0.05, 0.1) is 18.3 Å². The Balaban J connectivity index is 2.03. The van der Waals surface area contributed by atoms with Gasteiger partial charge in [0.2, 0.25) is 11.8 Å². The van der Waals surface area contributed by atoms with E-state index in [-0.39, 0.29) is 23.5 Å². The Morgan fingerprint density at radius 2 is 2.16 bits per heavy atom. The van der Waals surface area contributed by atoms with Crippen LogP contribution in [0.5, 0.6) is 0 Å². The van der Waals surface area contributed by atoms with Gasteiger partial charge in [0.25, 0.3) is 0 Å². The number of imide groups is 1. The molecule has 102 valence electrons. The quantitative estimate of drug-likeness (QED) is 0.598. The molecule has 19 heavy (non-hydrogen) atoms. The average molecular weight is 285 g/mol. The Bertz CT molecular complexity index is 515. The van der Waals surface area contributed by atoms with Crippen LogP contribution in [0.1, 0.15) is 13.3 Å². The Labute approximate surface area is 112 Å². The molecule has 0 aromatic rings. The number of fused-ring (bicyclic) bond motifs is 1. The first-order chi connectivity index (χ1) is 8.90. The molecule has 2 rings (SSSR count). The van der Waals surface area contributed by atoms with Crippen molar-refractivity contribution in [1.82, 2.24) is 15.5 Å². The lowest BCUT2D eigenvalue weighted by atomic mass is 10.1. The van der Waals surface area contributed by atoms with E-state index < -0.39 is 17.9 Å². The van der Waals surface area contributed by atoms with Crippen molar-refractivity contribution < 1.29 is 24.3 Å². The second-order valence-electron chi connectivity index (χ2n) is 3.98. The van der Waals surface area contributed by atoms with E-state index >= 15 is 0 Å². The van der Waals surface area contributed by atoms with Crippen LogP contribution in [0.3, 0.4) is 0 Å². The molecule has 9 heteroatoms. The number of carboxylic acids is 1. The number of amides is 4. The van der Waals surface area contributed by atoms with Crippen molar-refractivity contribution >= 4 is 35.6 Å². The summed E-state index contributed by atoms with van der Waals surface area (Å²) in [5.41, 5.74) is -0.0885. The molecule has 2 heterocycles. The van der Waals surface area contributed by atoms with E-state index in [1.807, 2.05) is 5.32 Å². The highest BCUT2D eigenvalue weighted by Gasteiger charge is 2.48. The molecule has 1 saturated heterocycles. The molecule has 1 atom stereocenters. The molecule has 2 aliphatic rings. The van der Waals surface area contributed by atoms with Crippen molar-refractivity contribution in [3.8, 4) is 0 Å². The van der Waals surface area contributed by atoms with E-state index in [2.05, 4.69) is 5.32 Å². The monoisotopic (exact) mass is 285 g/mol. The number of rotatable bonds is 3. The van der Waals surface area contributed by atoms with Crippen LogP contribution in [0.25, 0.3) is 0 Å². The number of hydrogen-bond acceptors (Lipinski definition) is 5. The van der Waals surface area contributed by atoms with Crippen molar-refractivity contribution in [2.75, 3.05) is 6.54 Å². The third kappa shape index (κ3) is 2.55. The summed E-state index contributed by atoms with van der Waals surface area (Å²) >= 11 is 1.24. The number of thioether (sulfide) groups is 1. The molecule has 0 aromatic carbocycles. The fourth-order valence-electron chi connectivity index (χ4n) is 1.82. The molecule has 0 radical (unpaired) electrons. The minimum absolute atomic E-state index is 0.0360. The number of β-lactam (4-membered cyclic amide) rings is 1. The summed E-state index contributed by atoms with van der Waals surface area (Å²) in [4.78, 5) is 45.9. The molecule has 8 nitrogen and oxygen atoms in total. The van der Waals surface area contributed by atoms with E-state index in [0.29, 0.717) is 11.3 Å². The summed E-state index contributed by atoms with van der Waals surface area (Å²) in [6.45, 7) is 1.15. The highest BCUT2D eigenvalue weighted by molar-refractivity contribution is 8.04. The summed E-state index contributed by atoms with van der Waals surface area (Å²) in [7, 11) is 0. The normalized spacial score (nSPS) is 20.8. The Hall–Kier alpha value is -2.03. The minimum atomic E-state index is -1.20. The van der Waals surface area contributed by atoms with Gasteiger partial charge in [-0.2, -0.15) is 0 Å². The molecule has 3 N–H and O–H groups in total. The van der Waals surface area contributed by atoms with Gasteiger partial charge in [0, 0.05) is 11.8 Å². The maximum absolute atomic E-state index is 11.3. The number of urea groups is 1. The maximum atomic E-state index is 11.3. The molecule has 4 amide bonds. The van der Waals surface area contributed by atoms with E-state index in [1.54, 1.807) is 0 Å². The van der Waals surface area contributed by atoms with Gasteiger partial charge in [-0.05, 0) is 0 Å². The van der Waals surface area contributed by atoms with Crippen LogP contribution in [0, 0.1) is 0 Å². The fraction of sp³-hybridized carbons (Fsp3) is 0.400. The smallest absolute Gasteiger partial charge is 0.353 e. The first-order valence-corrected chi connectivity index (χ1v) is 6.28. The largest absolute Gasteiger partial charge is 0.477 e. The molecule has 0 aliphatic carbocycles. The van der Waals surface area contributed by atoms with E-state index in [1.165, 1.54) is 23.6 Å². The molecule has 1 fully saturated rings. The van der Waals surface area contributed by atoms with Crippen LogP contribution in [0.2, 0.25) is 0 Å². The summed E-state index contributed by atoms with van der Waals surface area (Å²) in [5, 5.41) is 13.3.